The minimum absolute atomic E-state index is 0.0597. The number of ketones is 1. The molecule has 0 bridgehead atoms. The van der Waals surface area contributed by atoms with Crippen molar-refractivity contribution in [1.82, 2.24) is 9.97 Å². The largest absolute Gasteiger partial charge is 0.497 e. The van der Waals surface area contributed by atoms with E-state index in [4.69, 9.17) is 4.74 Å². The van der Waals surface area contributed by atoms with Crippen LogP contribution in [0.3, 0.4) is 0 Å². The van der Waals surface area contributed by atoms with Gasteiger partial charge in [0.25, 0.3) is 5.91 Å². The number of ether oxygens (including phenoxy) is 1. The second-order valence-electron chi connectivity index (χ2n) is 5.80. The van der Waals surface area contributed by atoms with Crippen LogP contribution in [0, 0.1) is 0 Å². The van der Waals surface area contributed by atoms with Crippen LogP contribution >= 0.6 is 0 Å². The van der Waals surface area contributed by atoms with Crippen LogP contribution in [-0.4, -0.2) is 28.8 Å². The number of anilines is 1. The van der Waals surface area contributed by atoms with Crippen LogP contribution in [0.5, 0.6) is 5.75 Å². The molecule has 0 unspecified atom stereocenters. The third kappa shape index (κ3) is 4.27. The summed E-state index contributed by atoms with van der Waals surface area (Å²) < 4.78 is 5.11. The number of methoxy groups -OCH3 is 1. The molecule has 0 aliphatic heterocycles. The summed E-state index contributed by atoms with van der Waals surface area (Å²) in [6.07, 6.45) is 0. The van der Waals surface area contributed by atoms with E-state index in [1.165, 1.54) is 13.0 Å². The van der Waals surface area contributed by atoms with E-state index >= 15 is 0 Å². The number of amides is 1. The van der Waals surface area contributed by atoms with Crippen molar-refractivity contribution in [3.8, 4) is 17.0 Å². The van der Waals surface area contributed by atoms with E-state index in [1.54, 1.807) is 55.6 Å². The summed E-state index contributed by atoms with van der Waals surface area (Å²) in [5.74, 6) is 0.130. The monoisotopic (exact) mass is 363 g/mol. The summed E-state index contributed by atoms with van der Waals surface area (Å²) >= 11 is 0. The lowest BCUT2D eigenvalue weighted by Gasteiger charge is -2.07. The number of benzene rings is 2. The molecular formula is C20H17N3O4. The molecule has 1 aromatic heterocycles. The quantitative estimate of drug-likeness (QED) is 0.679. The van der Waals surface area contributed by atoms with Gasteiger partial charge in [-0.15, -0.1) is 0 Å². The van der Waals surface area contributed by atoms with Crippen LogP contribution in [0.15, 0.2) is 59.4 Å². The number of aromatic amines is 1. The SMILES string of the molecule is COc1ccc(-c2cc(C(=O)Nc3ccc(C(C)=O)cc3)[nH]c(=O)n2)cc1. The van der Waals surface area contributed by atoms with Gasteiger partial charge < -0.3 is 15.0 Å². The predicted octanol–water partition coefficient (Wildman–Crippen LogP) is 2.90. The average molecular weight is 363 g/mol. The van der Waals surface area contributed by atoms with Crippen molar-refractivity contribution in [2.45, 2.75) is 6.92 Å². The average Bonchev–Trinajstić information content (AvgIpc) is 2.68. The Hall–Kier alpha value is -3.74. The number of hydrogen-bond donors (Lipinski definition) is 2. The van der Waals surface area contributed by atoms with E-state index in [2.05, 4.69) is 15.3 Å². The van der Waals surface area contributed by atoms with Gasteiger partial charge in [0.15, 0.2) is 5.78 Å². The third-order valence-corrected chi connectivity index (χ3v) is 3.92. The first-order valence-corrected chi connectivity index (χ1v) is 8.14. The zero-order valence-electron chi connectivity index (χ0n) is 14.8. The van der Waals surface area contributed by atoms with Gasteiger partial charge in [0.2, 0.25) is 0 Å². The van der Waals surface area contributed by atoms with Crippen molar-refractivity contribution in [2.75, 3.05) is 12.4 Å². The first-order chi connectivity index (χ1) is 13.0. The van der Waals surface area contributed by atoms with Crippen LogP contribution in [0.25, 0.3) is 11.3 Å². The Morgan fingerprint density at radius 2 is 1.70 bits per heavy atom. The Labute approximate surface area is 155 Å². The molecule has 3 aromatic rings. The number of hydrogen-bond acceptors (Lipinski definition) is 5. The molecule has 136 valence electrons. The highest BCUT2D eigenvalue weighted by Gasteiger charge is 2.11. The summed E-state index contributed by atoms with van der Waals surface area (Å²) in [5.41, 5.74) is 1.57. The Balaban J connectivity index is 1.85. The number of rotatable bonds is 5. The molecule has 2 aromatic carbocycles. The number of aromatic nitrogens is 2. The number of Topliss-reactive ketones (excluding diaryl/α,β-unsaturated/α-hetero) is 1. The van der Waals surface area contributed by atoms with Gasteiger partial charge in [-0.2, -0.15) is 4.98 Å². The van der Waals surface area contributed by atoms with Crippen LogP contribution in [-0.2, 0) is 0 Å². The lowest BCUT2D eigenvalue weighted by Crippen LogP contribution is -2.21. The molecular weight excluding hydrogens is 346 g/mol. The Morgan fingerprint density at radius 1 is 1.04 bits per heavy atom. The summed E-state index contributed by atoms with van der Waals surface area (Å²) in [6, 6.07) is 15.0. The molecule has 0 aliphatic rings. The zero-order valence-corrected chi connectivity index (χ0v) is 14.8. The lowest BCUT2D eigenvalue weighted by atomic mass is 10.1. The van der Waals surface area contributed by atoms with E-state index < -0.39 is 11.6 Å². The highest BCUT2D eigenvalue weighted by Crippen LogP contribution is 2.20. The second-order valence-corrected chi connectivity index (χ2v) is 5.80. The normalized spacial score (nSPS) is 10.3. The van der Waals surface area contributed by atoms with Crippen molar-refractivity contribution < 1.29 is 14.3 Å². The maximum absolute atomic E-state index is 12.5. The van der Waals surface area contributed by atoms with Crippen LogP contribution in [0.4, 0.5) is 5.69 Å². The molecule has 1 amide bonds. The molecule has 0 spiro atoms. The minimum atomic E-state index is -0.625. The van der Waals surface area contributed by atoms with E-state index in [1.807, 2.05) is 0 Å². The minimum Gasteiger partial charge on any atom is -0.497 e. The first kappa shape index (κ1) is 18.1. The van der Waals surface area contributed by atoms with Gasteiger partial charge in [0.05, 0.1) is 12.8 Å². The van der Waals surface area contributed by atoms with Gasteiger partial charge in [-0.3, -0.25) is 9.59 Å². The fraction of sp³-hybridized carbons (Fsp3) is 0.100. The summed E-state index contributed by atoms with van der Waals surface area (Å²) in [4.78, 5) is 42.0. The topological polar surface area (TPSA) is 101 Å². The van der Waals surface area contributed by atoms with Gasteiger partial charge >= 0.3 is 5.69 Å². The van der Waals surface area contributed by atoms with Crippen molar-refractivity contribution in [3.05, 3.63) is 76.3 Å². The molecule has 0 aliphatic carbocycles. The molecule has 0 atom stereocenters. The Kier molecular flexibility index (Phi) is 5.12. The highest BCUT2D eigenvalue weighted by atomic mass is 16.5. The second kappa shape index (κ2) is 7.65. The van der Waals surface area contributed by atoms with Crippen LogP contribution in [0.1, 0.15) is 27.8 Å². The molecule has 7 heteroatoms. The smallest absolute Gasteiger partial charge is 0.346 e. The fourth-order valence-corrected chi connectivity index (χ4v) is 2.48. The van der Waals surface area contributed by atoms with Gasteiger partial charge in [-0.25, -0.2) is 4.79 Å². The third-order valence-electron chi connectivity index (χ3n) is 3.92. The Bertz CT molecular complexity index is 1040. The summed E-state index contributed by atoms with van der Waals surface area (Å²) in [6.45, 7) is 1.47. The van der Waals surface area contributed by atoms with E-state index in [0.29, 0.717) is 28.3 Å². The van der Waals surface area contributed by atoms with Gasteiger partial charge in [0, 0.05) is 16.8 Å². The number of nitrogens with one attached hydrogen (secondary N) is 2. The maximum atomic E-state index is 12.5. The van der Waals surface area contributed by atoms with Crippen LogP contribution < -0.4 is 15.7 Å². The van der Waals surface area contributed by atoms with Gasteiger partial charge in [-0.05, 0) is 61.5 Å². The van der Waals surface area contributed by atoms with Gasteiger partial charge in [0.1, 0.15) is 11.4 Å². The molecule has 2 N–H and O–H groups in total. The number of H-pyrrole nitrogens is 1. The first-order valence-electron chi connectivity index (χ1n) is 8.14. The van der Waals surface area contributed by atoms with E-state index in [-0.39, 0.29) is 11.5 Å². The van der Waals surface area contributed by atoms with Crippen LogP contribution in [0.2, 0.25) is 0 Å². The lowest BCUT2D eigenvalue weighted by molar-refractivity contribution is 0.101. The zero-order chi connectivity index (χ0) is 19.4. The molecule has 0 saturated carbocycles. The van der Waals surface area contributed by atoms with Gasteiger partial charge in [-0.1, -0.05) is 0 Å². The highest BCUT2D eigenvalue weighted by molar-refractivity contribution is 6.03. The molecule has 1 heterocycles. The standard InChI is InChI=1S/C20H17N3O4/c1-12(24)13-3-7-15(8-4-13)21-19(25)18-11-17(22-20(26)23-18)14-5-9-16(27-2)10-6-14/h3-11H,1-2H3,(H,21,25)(H,22,23,26). The van der Waals surface area contributed by atoms with E-state index in [9.17, 15) is 14.4 Å². The number of carbonyl (C=O) groups is 2. The molecule has 0 radical (unpaired) electrons. The molecule has 0 saturated heterocycles. The van der Waals surface area contributed by atoms with Crippen molar-refractivity contribution in [2.24, 2.45) is 0 Å². The summed E-state index contributed by atoms with van der Waals surface area (Å²) in [5, 5.41) is 2.68. The number of nitrogens with zero attached hydrogens (tertiary/aromatic N) is 1. The van der Waals surface area contributed by atoms with Crippen molar-refractivity contribution >= 4 is 17.4 Å². The van der Waals surface area contributed by atoms with E-state index in [0.717, 1.165) is 0 Å². The Morgan fingerprint density at radius 3 is 2.30 bits per heavy atom. The molecule has 0 fully saturated rings. The van der Waals surface area contributed by atoms with Crippen molar-refractivity contribution in [1.29, 1.82) is 0 Å². The maximum Gasteiger partial charge on any atom is 0.346 e. The summed E-state index contributed by atoms with van der Waals surface area (Å²) in [7, 11) is 1.56. The number of carbonyl (C=O) groups excluding carboxylic acids is 2. The fourth-order valence-electron chi connectivity index (χ4n) is 2.48. The molecule has 27 heavy (non-hydrogen) atoms. The van der Waals surface area contributed by atoms with Crippen molar-refractivity contribution in [3.63, 3.8) is 0 Å². The molecule has 3 rings (SSSR count). The molecule has 7 nitrogen and oxygen atoms in total. The predicted molar refractivity (Wildman–Crippen MR) is 101 cm³/mol.